The van der Waals surface area contributed by atoms with Gasteiger partial charge in [0.1, 0.15) is 17.5 Å². The molecule has 13 heavy (non-hydrogen) atoms. The van der Waals surface area contributed by atoms with Gasteiger partial charge in [0.15, 0.2) is 0 Å². The van der Waals surface area contributed by atoms with Crippen molar-refractivity contribution in [1.82, 2.24) is 5.32 Å². The molecule has 0 radical (unpaired) electrons. The summed E-state index contributed by atoms with van der Waals surface area (Å²) >= 11 is 0. The SMILES string of the molecule is Fc1ccc(F)c(C2=NCCN2)c1. The number of hydrogen-bond acceptors (Lipinski definition) is 2. The van der Waals surface area contributed by atoms with Crippen LogP contribution in [0.15, 0.2) is 23.2 Å². The Kier molecular flexibility index (Phi) is 1.96. The predicted molar refractivity (Wildman–Crippen MR) is 45.8 cm³/mol. The van der Waals surface area contributed by atoms with Crippen LogP contribution in [-0.2, 0) is 0 Å². The van der Waals surface area contributed by atoms with Gasteiger partial charge in [-0.3, -0.25) is 4.99 Å². The van der Waals surface area contributed by atoms with Gasteiger partial charge in [-0.2, -0.15) is 0 Å². The Balaban J connectivity index is 2.43. The minimum Gasteiger partial charge on any atom is -0.368 e. The number of rotatable bonds is 1. The van der Waals surface area contributed by atoms with Crippen LogP contribution in [0.4, 0.5) is 8.78 Å². The molecule has 2 rings (SSSR count). The topological polar surface area (TPSA) is 24.4 Å². The maximum atomic E-state index is 13.1. The zero-order valence-corrected chi connectivity index (χ0v) is 6.85. The zero-order chi connectivity index (χ0) is 9.26. The molecule has 1 aromatic rings. The van der Waals surface area contributed by atoms with Crippen molar-refractivity contribution in [1.29, 1.82) is 0 Å². The highest BCUT2D eigenvalue weighted by atomic mass is 19.1. The quantitative estimate of drug-likeness (QED) is 0.695. The summed E-state index contributed by atoms with van der Waals surface area (Å²) in [4.78, 5) is 4.01. The smallest absolute Gasteiger partial charge is 0.134 e. The molecule has 1 aromatic carbocycles. The van der Waals surface area contributed by atoms with E-state index in [1.807, 2.05) is 0 Å². The maximum Gasteiger partial charge on any atom is 0.134 e. The Morgan fingerprint density at radius 1 is 1.31 bits per heavy atom. The first kappa shape index (κ1) is 8.16. The van der Waals surface area contributed by atoms with Crippen molar-refractivity contribution in [2.75, 3.05) is 13.1 Å². The molecule has 1 heterocycles. The van der Waals surface area contributed by atoms with Crippen LogP contribution in [0.3, 0.4) is 0 Å². The molecule has 0 amide bonds. The van der Waals surface area contributed by atoms with E-state index in [2.05, 4.69) is 10.3 Å². The van der Waals surface area contributed by atoms with Crippen molar-refractivity contribution in [2.45, 2.75) is 0 Å². The van der Waals surface area contributed by atoms with Gasteiger partial charge < -0.3 is 5.32 Å². The Morgan fingerprint density at radius 3 is 2.85 bits per heavy atom. The third-order valence-electron chi connectivity index (χ3n) is 1.86. The first-order valence-electron chi connectivity index (χ1n) is 4.01. The second kappa shape index (κ2) is 3.12. The van der Waals surface area contributed by atoms with Crippen molar-refractivity contribution in [3.8, 4) is 0 Å². The number of benzene rings is 1. The summed E-state index contributed by atoms with van der Waals surface area (Å²) in [5.41, 5.74) is 0.206. The lowest BCUT2D eigenvalue weighted by Gasteiger charge is -2.03. The monoisotopic (exact) mass is 182 g/mol. The number of halogens is 2. The van der Waals surface area contributed by atoms with Crippen molar-refractivity contribution in [3.63, 3.8) is 0 Å². The predicted octanol–water partition coefficient (Wildman–Crippen LogP) is 1.31. The van der Waals surface area contributed by atoms with Gasteiger partial charge in [0.25, 0.3) is 0 Å². The fraction of sp³-hybridized carbons (Fsp3) is 0.222. The largest absolute Gasteiger partial charge is 0.368 e. The molecule has 2 nitrogen and oxygen atoms in total. The van der Waals surface area contributed by atoms with Gasteiger partial charge in [0, 0.05) is 6.54 Å². The molecule has 0 unspecified atom stereocenters. The van der Waals surface area contributed by atoms with Gasteiger partial charge >= 0.3 is 0 Å². The summed E-state index contributed by atoms with van der Waals surface area (Å²) in [5.74, 6) is -0.459. The fourth-order valence-electron chi connectivity index (χ4n) is 1.26. The van der Waals surface area contributed by atoms with E-state index in [9.17, 15) is 8.78 Å². The molecule has 0 fully saturated rings. The summed E-state index contributed by atoms with van der Waals surface area (Å²) in [7, 11) is 0. The van der Waals surface area contributed by atoms with Crippen LogP contribution in [0.2, 0.25) is 0 Å². The van der Waals surface area contributed by atoms with Gasteiger partial charge in [-0.05, 0) is 18.2 Å². The number of nitrogens with zero attached hydrogens (tertiary/aromatic N) is 1. The highest BCUT2D eigenvalue weighted by Crippen LogP contribution is 2.11. The Labute approximate surface area is 74.3 Å². The van der Waals surface area contributed by atoms with Crippen molar-refractivity contribution in [2.24, 2.45) is 4.99 Å². The summed E-state index contributed by atoms with van der Waals surface area (Å²) in [5, 5.41) is 2.88. The molecule has 0 atom stereocenters. The molecule has 68 valence electrons. The molecular weight excluding hydrogens is 174 g/mol. The highest BCUT2D eigenvalue weighted by Gasteiger charge is 2.13. The second-order valence-corrected chi connectivity index (χ2v) is 2.78. The van der Waals surface area contributed by atoms with Crippen molar-refractivity contribution >= 4 is 5.84 Å². The molecule has 4 heteroatoms. The van der Waals surface area contributed by atoms with Gasteiger partial charge in [-0.1, -0.05) is 0 Å². The van der Waals surface area contributed by atoms with E-state index in [1.54, 1.807) is 0 Å². The molecule has 0 bridgehead atoms. The van der Waals surface area contributed by atoms with Gasteiger partial charge in [-0.25, -0.2) is 8.78 Å². The first-order valence-corrected chi connectivity index (χ1v) is 4.01. The van der Waals surface area contributed by atoms with E-state index in [-0.39, 0.29) is 5.56 Å². The number of hydrogen-bond donors (Lipinski definition) is 1. The van der Waals surface area contributed by atoms with Crippen LogP contribution in [0, 0.1) is 11.6 Å². The summed E-state index contributed by atoms with van der Waals surface area (Å²) < 4.78 is 25.9. The van der Waals surface area contributed by atoms with Crippen LogP contribution in [-0.4, -0.2) is 18.9 Å². The third-order valence-corrected chi connectivity index (χ3v) is 1.86. The second-order valence-electron chi connectivity index (χ2n) is 2.78. The van der Waals surface area contributed by atoms with Gasteiger partial charge in [0.2, 0.25) is 0 Å². The van der Waals surface area contributed by atoms with Crippen LogP contribution in [0.1, 0.15) is 5.56 Å². The standard InChI is InChI=1S/C9H8F2N2/c10-6-1-2-8(11)7(5-6)9-12-3-4-13-9/h1-2,5H,3-4H2,(H,12,13). The Bertz CT molecular complexity index is 361. The van der Waals surface area contributed by atoms with Crippen LogP contribution in [0.25, 0.3) is 0 Å². The van der Waals surface area contributed by atoms with E-state index < -0.39 is 11.6 Å². The molecule has 1 aliphatic heterocycles. The molecule has 0 aromatic heterocycles. The van der Waals surface area contributed by atoms with E-state index in [0.717, 1.165) is 18.2 Å². The van der Waals surface area contributed by atoms with Crippen LogP contribution >= 0.6 is 0 Å². The molecule has 0 saturated carbocycles. The lowest BCUT2D eigenvalue weighted by atomic mass is 10.2. The van der Waals surface area contributed by atoms with E-state index >= 15 is 0 Å². The molecule has 0 aliphatic carbocycles. The van der Waals surface area contributed by atoms with Crippen LogP contribution in [0.5, 0.6) is 0 Å². The normalized spacial score (nSPS) is 15.4. The fourth-order valence-corrected chi connectivity index (χ4v) is 1.26. The molecule has 0 saturated heterocycles. The lowest BCUT2D eigenvalue weighted by molar-refractivity contribution is 0.597. The van der Waals surface area contributed by atoms with Crippen LogP contribution < -0.4 is 5.32 Å². The van der Waals surface area contributed by atoms with Crippen molar-refractivity contribution < 1.29 is 8.78 Å². The number of aliphatic imine (C=N–C) groups is 1. The molecule has 1 aliphatic rings. The molecule has 0 spiro atoms. The number of nitrogens with one attached hydrogen (secondary N) is 1. The maximum absolute atomic E-state index is 13.1. The molecular formula is C9H8F2N2. The zero-order valence-electron chi connectivity index (χ0n) is 6.85. The summed E-state index contributed by atoms with van der Waals surface area (Å²) in [6.07, 6.45) is 0. The summed E-state index contributed by atoms with van der Waals surface area (Å²) in [6.45, 7) is 1.30. The van der Waals surface area contributed by atoms with Gasteiger partial charge in [-0.15, -0.1) is 0 Å². The van der Waals surface area contributed by atoms with E-state index in [4.69, 9.17) is 0 Å². The highest BCUT2D eigenvalue weighted by molar-refractivity contribution is 5.99. The Morgan fingerprint density at radius 2 is 2.15 bits per heavy atom. The number of amidine groups is 1. The van der Waals surface area contributed by atoms with Crippen molar-refractivity contribution in [3.05, 3.63) is 35.4 Å². The average Bonchev–Trinajstić information content (AvgIpc) is 2.61. The summed E-state index contributed by atoms with van der Waals surface area (Å²) in [6, 6.07) is 3.34. The average molecular weight is 182 g/mol. The third kappa shape index (κ3) is 1.52. The van der Waals surface area contributed by atoms with E-state index in [0.29, 0.717) is 18.9 Å². The Hall–Kier alpha value is -1.45. The van der Waals surface area contributed by atoms with E-state index in [1.165, 1.54) is 0 Å². The molecule has 1 N–H and O–H groups in total. The minimum absolute atomic E-state index is 0.206. The lowest BCUT2D eigenvalue weighted by Crippen LogP contribution is -2.20. The van der Waals surface area contributed by atoms with Gasteiger partial charge in [0.05, 0.1) is 12.1 Å². The first-order chi connectivity index (χ1) is 6.27. The minimum atomic E-state index is -0.451.